The van der Waals surface area contributed by atoms with E-state index in [9.17, 15) is 14.4 Å². The first kappa shape index (κ1) is 30.0. The normalized spacial score (nSPS) is 45.4. The molecule has 0 amide bonds. The first-order chi connectivity index (χ1) is 18.9. The molecule has 1 saturated heterocycles. The van der Waals surface area contributed by atoms with Gasteiger partial charge < -0.3 is 14.3 Å². The van der Waals surface area contributed by atoms with Crippen molar-refractivity contribution < 1.29 is 23.9 Å². The highest BCUT2D eigenvalue weighted by Gasteiger charge is 2.84. The van der Waals surface area contributed by atoms with Gasteiger partial charge in [-0.2, -0.15) is 0 Å². The van der Waals surface area contributed by atoms with Gasteiger partial charge in [-0.25, -0.2) is 0 Å². The van der Waals surface area contributed by atoms with Gasteiger partial charge in [-0.3, -0.25) is 9.59 Å². The molecule has 0 radical (unpaired) electrons. The number of carbonyl (C=O) groups excluding carboxylic acids is 3. The van der Waals surface area contributed by atoms with Crippen LogP contribution in [-0.2, 0) is 23.9 Å². The van der Waals surface area contributed by atoms with Crippen LogP contribution in [0.2, 0.25) is 0 Å². The molecule has 4 aliphatic carbocycles. The molecule has 9 unspecified atom stereocenters. The summed E-state index contributed by atoms with van der Waals surface area (Å²) in [5.74, 6) is 3.20. The van der Waals surface area contributed by atoms with Gasteiger partial charge in [0.1, 0.15) is 18.5 Å². The number of carbonyl (C=O) groups is 3. The maximum atomic E-state index is 12.6. The standard InChI is InChI=1S/C35H54O5/c1-21(2)10-8-9-11-26-12-13-28-32-29(15-16-33(26,28)7)35(40-30(32)20-36)25(6)34(35)17-14-27(19-23(34)4)39-31(38)18-22(3)24(5)37/h20-21,23,25-30,32H,3,8-19H2,1-2,4-7H3/t23?,25-,26+,27?,28?,29?,30?,32?,33?,34?,35?/m1/s1. The summed E-state index contributed by atoms with van der Waals surface area (Å²) in [5, 5.41) is 0. The minimum Gasteiger partial charge on any atom is -0.462 e. The van der Waals surface area contributed by atoms with E-state index in [2.05, 4.69) is 41.2 Å². The Balaban J connectivity index is 1.27. The number of rotatable bonds is 10. The highest BCUT2D eigenvalue weighted by Crippen LogP contribution is 2.81. The Bertz CT molecular complexity index is 1020. The van der Waals surface area contributed by atoms with Crippen LogP contribution in [0.3, 0.4) is 0 Å². The van der Waals surface area contributed by atoms with Crippen LogP contribution in [0.15, 0.2) is 12.2 Å². The van der Waals surface area contributed by atoms with Crippen molar-refractivity contribution >= 4 is 18.0 Å². The molecule has 4 saturated carbocycles. The molecule has 40 heavy (non-hydrogen) atoms. The summed E-state index contributed by atoms with van der Waals surface area (Å²) in [5.41, 5.74) is 0.487. The van der Waals surface area contributed by atoms with Gasteiger partial charge in [0.25, 0.3) is 0 Å². The zero-order valence-corrected chi connectivity index (χ0v) is 26.0. The number of aldehydes is 1. The zero-order chi connectivity index (χ0) is 29.0. The lowest BCUT2D eigenvalue weighted by Crippen LogP contribution is -2.46. The van der Waals surface area contributed by atoms with E-state index >= 15 is 0 Å². The van der Waals surface area contributed by atoms with Crippen molar-refractivity contribution in [1.82, 2.24) is 0 Å². The number of hydrogen-bond donors (Lipinski definition) is 0. The molecule has 1 aliphatic heterocycles. The fourth-order valence-electron chi connectivity index (χ4n) is 11.1. The number of fused-ring (bicyclic) bond motifs is 5. The largest absolute Gasteiger partial charge is 0.462 e. The third-order valence-electron chi connectivity index (χ3n) is 13.1. The lowest BCUT2D eigenvalue weighted by Gasteiger charge is -2.48. The average Bonchev–Trinajstić information content (AvgIpc) is 3.14. The summed E-state index contributed by atoms with van der Waals surface area (Å²) in [6.45, 7) is 17.0. The molecule has 224 valence electrons. The van der Waals surface area contributed by atoms with Gasteiger partial charge in [-0.1, -0.05) is 60.5 Å². The Morgan fingerprint density at radius 1 is 1.07 bits per heavy atom. The van der Waals surface area contributed by atoms with E-state index in [-0.39, 0.29) is 41.4 Å². The SMILES string of the molecule is C=C(CC(=O)OC1CCC2(C(C)C1)[C@@H](C)C21OC(C=O)C2C3CC[C@H](CCCCC(C)C)C3(C)CCC21)C(C)=O. The lowest BCUT2D eigenvalue weighted by molar-refractivity contribution is -0.153. The molecule has 5 rings (SSSR count). The first-order valence-electron chi connectivity index (χ1n) is 16.4. The molecule has 0 aromatic rings. The van der Waals surface area contributed by atoms with Crippen molar-refractivity contribution in [2.24, 2.45) is 52.3 Å². The van der Waals surface area contributed by atoms with Gasteiger partial charge in [0.2, 0.25) is 0 Å². The van der Waals surface area contributed by atoms with Gasteiger partial charge in [0.15, 0.2) is 5.78 Å². The number of Topliss-reactive ketones (excluding diaryl/α,β-unsaturated/α-hetero) is 1. The molecular formula is C35H54O5. The Morgan fingerprint density at radius 2 is 1.82 bits per heavy atom. The third-order valence-corrected chi connectivity index (χ3v) is 13.1. The van der Waals surface area contributed by atoms with E-state index in [1.807, 2.05) is 0 Å². The minimum absolute atomic E-state index is 0.0293. The van der Waals surface area contributed by atoms with Crippen molar-refractivity contribution in [3.8, 4) is 0 Å². The monoisotopic (exact) mass is 554 g/mol. The Hall–Kier alpha value is -1.49. The number of esters is 1. The third kappa shape index (κ3) is 4.56. The second kappa shape index (κ2) is 11.0. The van der Waals surface area contributed by atoms with Crippen molar-refractivity contribution in [2.75, 3.05) is 0 Å². The highest BCUT2D eigenvalue weighted by atomic mass is 16.5. The summed E-state index contributed by atoms with van der Waals surface area (Å²) < 4.78 is 12.8. The maximum Gasteiger partial charge on any atom is 0.310 e. The topological polar surface area (TPSA) is 69.7 Å². The van der Waals surface area contributed by atoms with Crippen molar-refractivity contribution in [1.29, 1.82) is 0 Å². The molecular weight excluding hydrogens is 500 g/mol. The van der Waals surface area contributed by atoms with Crippen molar-refractivity contribution in [2.45, 2.75) is 136 Å². The van der Waals surface area contributed by atoms with Crippen LogP contribution in [0.1, 0.15) is 119 Å². The van der Waals surface area contributed by atoms with Crippen LogP contribution in [0, 0.1) is 52.3 Å². The molecule has 0 N–H and O–H groups in total. The summed E-state index contributed by atoms with van der Waals surface area (Å²) in [7, 11) is 0. The second-order valence-electron chi connectivity index (χ2n) is 15.2. The average molecular weight is 555 g/mol. The van der Waals surface area contributed by atoms with E-state index in [4.69, 9.17) is 9.47 Å². The summed E-state index contributed by atoms with van der Waals surface area (Å²) in [6, 6.07) is 0. The second-order valence-corrected chi connectivity index (χ2v) is 15.2. The molecule has 11 atom stereocenters. The Morgan fingerprint density at radius 3 is 2.48 bits per heavy atom. The fraction of sp³-hybridized carbons (Fsp3) is 0.857. The van der Waals surface area contributed by atoms with Gasteiger partial charge in [0, 0.05) is 11.3 Å². The number of unbranched alkanes of at least 4 members (excludes halogenated alkanes) is 1. The summed E-state index contributed by atoms with van der Waals surface area (Å²) in [6.07, 6.45) is 13.7. The van der Waals surface area contributed by atoms with E-state index < -0.39 is 0 Å². The molecule has 1 heterocycles. The van der Waals surface area contributed by atoms with Crippen molar-refractivity contribution in [3.05, 3.63) is 12.2 Å². The van der Waals surface area contributed by atoms with Crippen LogP contribution >= 0.6 is 0 Å². The smallest absolute Gasteiger partial charge is 0.310 e. The zero-order valence-electron chi connectivity index (χ0n) is 26.0. The molecule has 0 aromatic carbocycles. The molecule has 5 fully saturated rings. The van der Waals surface area contributed by atoms with Gasteiger partial charge >= 0.3 is 5.97 Å². The highest BCUT2D eigenvalue weighted by molar-refractivity contribution is 5.96. The van der Waals surface area contributed by atoms with Crippen LogP contribution in [0.4, 0.5) is 0 Å². The van der Waals surface area contributed by atoms with E-state index in [1.54, 1.807) is 0 Å². The van der Waals surface area contributed by atoms with Gasteiger partial charge in [0.05, 0.1) is 12.0 Å². The summed E-state index contributed by atoms with van der Waals surface area (Å²) >= 11 is 0. The van der Waals surface area contributed by atoms with Crippen LogP contribution in [0.5, 0.6) is 0 Å². The predicted molar refractivity (Wildman–Crippen MR) is 156 cm³/mol. The Kier molecular flexibility index (Phi) is 8.22. The van der Waals surface area contributed by atoms with Crippen molar-refractivity contribution in [3.63, 3.8) is 0 Å². The minimum atomic E-state index is -0.350. The van der Waals surface area contributed by atoms with Crippen LogP contribution < -0.4 is 0 Å². The van der Waals surface area contributed by atoms with Gasteiger partial charge in [-0.05, 0) is 105 Å². The quantitative estimate of drug-likeness (QED) is 0.121. The molecule has 0 aromatic heterocycles. The fourth-order valence-corrected chi connectivity index (χ4v) is 11.1. The number of ketones is 1. The van der Waals surface area contributed by atoms with Gasteiger partial charge in [-0.15, -0.1) is 0 Å². The molecule has 0 bridgehead atoms. The maximum absolute atomic E-state index is 12.6. The first-order valence-corrected chi connectivity index (χ1v) is 16.4. The molecule has 5 aliphatic rings. The Labute approximate surface area is 242 Å². The van der Waals surface area contributed by atoms with E-state index in [1.165, 1.54) is 58.3 Å². The molecule has 2 spiro atoms. The van der Waals surface area contributed by atoms with E-state index in [0.29, 0.717) is 40.6 Å². The van der Waals surface area contributed by atoms with E-state index in [0.717, 1.165) is 37.4 Å². The molecule has 5 nitrogen and oxygen atoms in total. The molecule has 5 heteroatoms. The predicted octanol–water partition coefficient (Wildman–Crippen LogP) is 7.50. The summed E-state index contributed by atoms with van der Waals surface area (Å²) in [4.78, 5) is 36.6. The number of ether oxygens (including phenoxy) is 2. The lowest BCUT2D eigenvalue weighted by atomic mass is 9.55. The van der Waals surface area contributed by atoms with Crippen LogP contribution in [-0.4, -0.2) is 35.8 Å². The van der Waals surface area contributed by atoms with Crippen LogP contribution in [0.25, 0.3) is 0 Å². The number of hydrogen-bond acceptors (Lipinski definition) is 5.